The lowest BCUT2D eigenvalue weighted by atomic mass is 9.81. The molecule has 3 atom stereocenters. The summed E-state index contributed by atoms with van der Waals surface area (Å²) >= 11 is 1.82. The first-order valence-electron chi connectivity index (χ1n) is 7.85. The molecule has 112 valence electrons. The monoisotopic (exact) mass is 300 g/mol. The second-order valence-electron chi connectivity index (χ2n) is 6.23. The number of nitrogens with zero attached hydrogens (tertiary/aromatic N) is 1. The Morgan fingerprint density at radius 3 is 2.57 bits per heavy atom. The minimum Gasteiger partial charge on any atom is -0.303 e. The summed E-state index contributed by atoms with van der Waals surface area (Å²) in [6.07, 6.45) is 2.49. The molecule has 0 aliphatic heterocycles. The van der Waals surface area contributed by atoms with Gasteiger partial charge in [0.1, 0.15) is 0 Å². The van der Waals surface area contributed by atoms with E-state index in [0.717, 1.165) is 5.01 Å². The van der Waals surface area contributed by atoms with Gasteiger partial charge in [-0.3, -0.25) is 0 Å². The van der Waals surface area contributed by atoms with E-state index in [1.807, 2.05) is 11.3 Å². The standard InChI is InChI=1S/C18H24N2S/c1-11-9-10-17(16-8-6-5-7-15(11)16)20-13(3)18-12(2)19-14(4)21-18/h5-8,11,13,17,20H,9-10H2,1-4H3. The van der Waals surface area contributed by atoms with Crippen LogP contribution in [0, 0.1) is 13.8 Å². The fraction of sp³-hybridized carbons (Fsp3) is 0.500. The van der Waals surface area contributed by atoms with Crippen molar-refractivity contribution >= 4 is 11.3 Å². The summed E-state index contributed by atoms with van der Waals surface area (Å²) in [5.74, 6) is 0.682. The molecule has 3 rings (SSSR count). The van der Waals surface area contributed by atoms with Gasteiger partial charge in [0, 0.05) is 17.0 Å². The smallest absolute Gasteiger partial charge is 0.0900 e. The number of rotatable bonds is 3. The van der Waals surface area contributed by atoms with Gasteiger partial charge in [-0.15, -0.1) is 11.3 Å². The number of aryl methyl sites for hydroxylation is 2. The molecule has 2 aromatic rings. The van der Waals surface area contributed by atoms with Crippen molar-refractivity contribution in [1.29, 1.82) is 0 Å². The number of nitrogens with one attached hydrogen (secondary N) is 1. The van der Waals surface area contributed by atoms with Crippen LogP contribution >= 0.6 is 11.3 Å². The van der Waals surface area contributed by atoms with Crippen LogP contribution < -0.4 is 5.32 Å². The molecule has 1 aromatic heterocycles. The van der Waals surface area contributed by atoms with Crippen molar-refractivity contribution in [2.24, 2.45) is 0 Å². The van der Waals surface area contributed by atoms with Gasteiger partial charge in [0.05, 0.1) is 10.7 Å². The van der Waals surface area contributed by atoms with E-state index in [0.29, 0.717) is 18.0 Å². The van der Waals surface area contributed by atoms with E-state index < -0.39 is 0 Å². The van der Waals surface area contributed by atoms with Crippen LogP contribution in [0.5, 0.6) is 0 Å². The van der Waals surface area contributed by atoms with Crippen LogP contribution in [0.3, 0.4) is 0 Å². The lowest BCUT2D eigenvalue weighted by Gasteiger charge is -2.32. The highest BCUT2D eigenvalue weighted by atomic mass is 32.1. The van der Waals surface area contributed by atoms with Gasteiger partial charge in [-0.05, 0) is 50.7 Å². The van der Waals surface area contributed by atoms with Crippen LogP contribution in [-0.2, 0) is 0 Å². The average molecular weight is 300 g/mol. The average Bonchev–Trinajstić information content (AvgIpc) is 2.81. The van der Waals surface area contributed by atoms with E-state index in [2.05, 4.69) is 62.3 Å². The van der Waals surface area contributed by atoms with Crippen molar-refractivity contribution in [1.82, 2.24) is 10.3 Å². The molecule has 0 saturated heterocycles. The van der Waals surface area contributed by atoms with Gasteiger partial charge in [-0.1, -0.05) is 31.2 Å². The van der Waals surface area contributed by atoms with E-state index in [1.54, 1.807) is 0 Å². The molecule has 21 heavy (non-hydrogen) atoms. The van der Waals surface area contributed by atoms with Gasteiger partial charge in [0.25, 0.3) is 0 Å². The van der Waals surface area contributed by atoms with Crippen molar-refractivity contribution in [3.05, 3.63) is 51.0 Å². The van der Waals surface area contributed by atoms with Crippen molar-refractivity contribution in [2.45, 2.75) is 58.5 Å². The summed E-state index contributed by atoms with van der Waals surface area (Å²) in [6.45, 7) is 8.81. The summed E-state index contributed by atoms with van der Waals surface area (Å²) in [6, 6.07) is 9.74. The molecule has 0 saturated carbocycles. The molecule has 1 aromatic carbocycles. The zero-order valence-electron chi connectivity index (χ0n) is 13.3. The van der Waals surface area contributed by atoms with Crippen molar-refractivity contribution in [2.75, 3.05) is 0 Å². The summed E-state index contributed by atoms with van der Waals surface area (Å²) in [4.78, 5) is 5.94. The Morgan fingerprint density at radius 1 is 1.19 bits per heavy atom. The second kappa shape index (κ2) is 5.90. The van der Waals surface area contributed by atoms with E-state index in [-0.39, 0.29) is 0 Å². The highest BCUT2D eigenvalue weighted by molar-refractivity contribution is 7.11. The third kappa shape index (κ3) is 2.90. The molecular weight excluding hydrogens is 276 g/mol. The molecule has 1 N–H and O–H groups in total. The third-order valence-corrected chi connectivity index (χ3v) is 5.83. The largest absolute Gasteiger partial charge is 0.303 e. The minimum absolute atomic E-state index is 0.364. The molecule has 0 radical (unpaired) electrons. The van der Waals surface area contributed by atoms with Crippen molar-refractivity contribution < 1.29 is 0 Å². The van der Waals surface area contributed by atoms with Gasteiger partial charge >= 0.3 is 0 Å². The number of thiazole rings is 1. The minimum atomic E-state index is 0.364. The molecule has 3 unspecified atom stereocenters. The maximum atomic E-state index is 4.56. The van der Waals surface area contributed by atoms with Crippen LogP contribution in [0.25, 0.3) is 0 Å². The van der Waals surface area contributed by atoms with E-state index in [9.17, 15) is 0 Å². The Bertz CT molecular complexity index is 632. The molecule has 0 bridgehead atoms. The molecule has 3 heteroatoms. The van der Waals surface area contributed by atoms with Crippen LogP contribution in [0.1, 0.15) is 71.4 Å². The van der Waals surface area contributed by atoms with Crippen LogP contribution in [0.4, 0.5) is 0 Å². The fourth-order valence-corrected chi connectivity index (χ4v) is 4.44. The van der Waals surface area contributed by atoms with Gasteiger partial charge in [-0.25, -0.2) is 4.98 Å². The summed E-state index contributed by atoms with van der Waals surface area (Å²) in [7, 11) is 0. The molecule has 2 nitrogen and oxygen atoms in total. The van der Waals surface area contributed by atoms with Gasteiger partial charge in [0.2, 0.25) is 0 Å². The first kappa shape index (κ1) is 14.7. The molecule has 0 fully saturated rings. The molecule has 1 heterocycles. The lowest BCUT2D eigenvalue weighted by Crippen LogP contribution is -2.28. The van der Waals surface area contributed by atoms with E-state index in [4.69, 9.17) is 0 Å². The lowest BCUT2D eigenvalue weighted by molar-refractivity contribution is 0.398. The molecular formula is C18H24N2S. The summed E-state index contributed by atoms with van der Waals surface area (Å²) in [5.41, 5.74) is 4.18. The summed E-state index contributed by atoms with van der Waals surface area (Å²) < 4.78 is 0. The molecule has 0 amide bonds. The Hall–Kier alpha value is -1.19. The normalized spacial score (nSPS) is 22.9. The Balaban J connectivity index is 1.83. The van der Waals surface area contributed by atoms with Crippen molar-refractivity contribution in [3.63, 3.8) is 0 Å². The number of aromatic nitrogens is 1. The second-order valence-corrected chi connectivity index (χ2v) is 7.47. The SMILES string of the molecule is Cc1nc(C)c(C(C)NC2CCC(C)c3ccccc32)s1. The number of hydrogen-bond donors (Lipinski definition) is 1. The Labute approximate surface area is 131 Å². The highest BCUT2D eigenvalue weighted by Gasteiger charge is 2.26. The number of benzene rings is 1. The number of fused-ring (bicyclic) bond motifs is 1. The molecule has 1 aliphatic carbocycles. The zero-order valence-corrected chi connectivity index (χ0v) is 14.1. The maximum Gasteiger partial charge on any atom is 0.0900 e. The number of hydrogen-bond acceptors (Lipinski definition) is 3. The third-order valence-electron chi connectivity index (χ3n) is 4.57. The van der Waals surface area contributed by atoms with Crippen LogP contribution in [0.15, 0.2) is 24.3 Å². The fourth-order valence-electron chi connectivity index (χ4n) is 3.50. The zero-order chi connectivity index (χ0) is 15.0. The van der Waals surface area contributed by atoms with Gasteiger partial charge < -0.3 is 5.32 Å². The first-order chi connectivity index (χ1) is 10.1. The van der Waals surface area contributed by atoms with Crippen LogP contribution in [0.2, 0.25) is 0 Å². The predicted molar refractivity (Wildman–Crippen MR) is 90.0 cm³/mol. The molecule has 0 spiro atoms. The Kier molecular flexibility index (Phi) is 4.14. The predicted octanol–water partition coefficient (Wildman–Crippen LogP) is 5.05. The molecule has 1 aliphatic rings. The van der Waals surface area contributed by atoms with Crippen molar-refractivity contribution in [3.8, 4) is 0 Å². The van der Waals surface area contributed by atoms with Gasteiger partial charge in [0.15, 0.2) is 0 Å². The van der Waals surface area contributed by atoms with Crippen LogP contribution in [-0.4, -0.2) is 4.98 Å². The summed E-state index contributed by atoms with van der Waals surface area (Å²) in [5, 5.41) is 5.00. The van der Waals surface area contributed by atoms with E-state index in [1.165, 1.54) is 34.5 Å². The first-order valence-corrected chi connectivity index (χ1v) is 8.66. The highest BCUT2D eigenvalue weighted by Crippen LogP contribution is 2.38. The Morgan fingerprint density at radius 2 is 1.90 bits per heavy atom. The quantitative estimate of drug-likeness (QED) is 0.858. The topological polar surface area (TPSA) is 24.9 Å². The van der Waals surface area contributed by atoms with Gasteiger partial charge in [-0.2, -0.15) is 0 Å². The maximum absolute atomic E-state index is 4.56. The van der Waals surface area contributed by atoms with E-state index >= 15 is 0 Å².